The Bertz CT molecular complexity index is 816. The number of amides is 3. The molecule has 0 aliphatic carbocycles. The van der Waals surface area contributed by atoms with Gasteiger partial charge in [-0.25, -0.2) is 4.79 Å². The van der Waals surface area contributed by atoms with Gasteiger partial charge in [0.1, 0.15) is 6.04 Å². The van der Waals surface area contributed by atoms with Gasteiger partial charge in [-0.1, -0.05) is 55.4 Å². The van der Waals surface area contributed by atoms with Gasteiger partial charge >= 0.3 is 5.97 Å². The van der Waals surface area contributed by atoms with E-state index in [-0.39, 0.29) is 48.2 Å². The fourth-order valence-corrected chi connectivity index (χ4v) is 5.83. The van der Waals surface area contributed by atoms with E-state index >= 15 is 0 Å². The van der Waals surface area contributed by atoms with Gasteiger partial charge in [0.05, 0.1) is 19.7 Å². The summed E-state index contributed by atoms with van der Waals surface area (Å²) in [5.74, 6) is 0.442. The third-order valence-electron chi connectivity index (χ3n) is 8.65. The number of hydrogen-bond acceptors (Lipinski definition) is 6. The fourth-order valence-electron chi connectivity index (χ4n) is 5.83. The van der Waals surface area contributed by atoms with E-state index in [0.29, 0.717) is 19.5 Å². The zero-order valence-electron chi connectivity index (χ0n) is 27.0. The zero-order valence-corrected chi connectivity index (χ0v) is 27.0. The van der Waals surface area contributed by atoms with Crippen LogP contribution in [-0.2, 0) is 23.9 Å². The molecule has 0 saturated carbocycles. The van der Waals surface area contributed by atoms with E-state index in [1.54, 1.807) is 16.8 Å². The van der Waals surface area contributed by atoms with Gasteiger partial charge in [-0.3, -0.25) is 19.3 Å². The van der Waals surface area contributed by atoms with Crippen molar-refractivity contribution in [3.05, 3.63) is 0 Å². The van der Waals surface area contributed by atoms with Crippen molar-refractivity contribution in [2.45, 2.75) is 118 Å². The van der Waals surface area contributed by atoms with Crippen molar-refractivity contribution in [3.8, 4) is 0 Å². The van der Waals surface area contributed by atoms with Gasteiger partial charge in [-0.05, 0) is 63.3 Å². The lowest BCUT2D eigenvalue weighted by Gasteiger charge is -2.37. The van der Waals surface area contributed by atoms with Crippen LogP contribution in [0.2, 0.25) is 0 Å². The maximum atomic E-state index is 13.4. The highest BCUT2D eigenvalue weighted by molar-refractivity contribution is 5.89. The van der Waals surface area contributed by atoms with Gasteiger partial charge in [0.15, 0.2) is 0 Å². The largest absolute Gasteiger partial charge is 0.467 e. The van der Waals surface area contributed by atoms with Crippen LogP contribution >= 0.6 is 0 Å². The number of carbonyl (C=O) groups is 4. The second kappa shape index (κ2) is 16.9. The van der Waals surface area contributed by atoms with Gasteiger partial charge in [0.25, 0.3) is 0 Å². The lowest BCUT2D eigenvalue weighted by atomic mass is 9.79. The van der Waals surface area contributed by atoms with Gasteiger partial charge in [-0.15, -0.1) is 0 Å². The van der Waals surface area contributed by atoms with Crippen molar-refractivity contribution in [3.63, 3.8) is 0 Å². The number of hydrogen-bond donors (Lipinski definition) is 1. The maximum absolute atomic E-state index is 13.4. The highest BCUT2D eigenvalue weighted by Gasteiger charge is 2.42. The normalized spacial score (nSPS) is 20.2. The molecule has 40 heavy (non-hydrogen) atoms. The second-order valence-electron chi connectivity index (χ2n) is 12.4. The highest BCUT2D eigenvalue weighted by atomic mass is 16.5. The van der Waals surface area contributed by atoms with E-state index in [1.165, 1.54) is 7.11 Å². The first-order valence-corrected chi connectivity index (χ1v) is 15.5. The molecule has 0 aromatic carbocycles. The molecule has 3 amide bonds. The van der Waals surface area contributed by atoms with Crippen molar-refractivity contribution >= 4 is 23.7 Å². The van der Waals surface area contributed by atoms with E-state index in [2.05, 4.69) is 44.8 Å². The number of ether oxygens (including phenoxy) is 1. The molecule has 9 heteroatoms. The number of esters is 1. The molecule has 2 aliphatic heterocycles. The average molecular weight is 567 g/mol. The molecule has 232 valence electrons. The highest BCUT2D eigenvalue weighted by Crippen LogP contribution is 2.30. The van der Waals surface area contributed by atoms with Crippen LogP contribution in [0, 0.1) is 17.3 Å². The standard InChI is InChI=1S/C27H48N4O5.C4H10/c1-8-27(9-2,10-3)26(35)28-17-23(32)29(6)22(19(4)5)18-30-15-11-13-20(30)24(33)31-16-12-14-21(31)25(34)36-7;1-4(2)3/h19-22H,8-18H2,1-7H3,(H,28,35);4H,1-3H3/t20-,21?,22+;/m0./s1. The first kappa shape index (κ1) is 35.9. The molecule has 0 bridgehead atoms. The van der Waals surface area contributed by atoms with Crippen LogP contribution in [0.3, 0.4) is 0 Å². The van der Waals surface area contributed by atoms with E-state index in [1.807, 2.05) is 20.8 Å². The Morgan fingerprint density at radius 3 is 1.95 bits per heavy atom. The molecule has 1 N–H and O–H groups in total. The molecule has 2 heterocycles. The summed E-state index contributed by atoms with van der Waals surface area (Å²) in [5, 5.41) is 2.88. The third kappa shape index (κ3) is 9.45. The molecule has 3 atom stereocenters. The molecule has 0 aromatic heterocycles. The van der Waals surface area contributed by atoms with Crippen molar-refractivity contribution in [2.24, 2.45) is 17.3 Å². The number of carbonyl (C=O) groups excluding carboxylic acids is 4. The number of nitrogens with zero attached hydrogens (tertiary/aromatic N) is 3. The summed E-state index contributed by atoms with van der Waals surface area (Å²) in [5.41, 5.74) is -0.433. The average Bonchev–Trinajstić information content (AvgIpc) is 3.60. The van der Waals surface area contributed by atoms with E-state index in [4.69, 9.17) is 4.74 Å². The lowest BCUT2D eigenvalue weighted by Crippen LogP contribution is -2.55. The van der Waals surface area contributed by atoms with Crippen LogP contribution in [-0.4, -0.2) is 96.9 Å². The first-order valence-electron chi connectivity index (χ1n) is 15.5. The summed E-state index contributed by atoms with van der Waals surface area (Å²) in [6.07, 6.45) is 5.30. The summed E-state index contributed by atoms with van der Waals surface area (Å²) in [7, 11) is 3.15. The number of likely N-dealkylation sites (tertiary alicyclic amines) is 2. The van der Waals surface area contributed by atoms with Crippen LogP contribution in [0.1, 0.15) is 100 Å². The molecule has 9 nitrogen and oxygen atoms in total. The maximum Gasteiger partial charge on any atom is 0.328 e. The molecule has 2 saturated heterocycles. The van der Waals surface area contributed by atoms with Gasteiger partial charge in [-0.2, -0.15) is 0 Å². The Balaban J connectivity index is 0.00000187. The minimum Gasteiger partial charge on any atom is -0.467 e. The molecule has 2 rings (SSSR count). The molecular formula is C31H58N4O5. The van der Waals surface area contributed by atoms with Crippen molar-refractivity contribution in [2.75, 3.05) is 40.3 Å². The summed E-state index contributed by atoms with van der Waals surface area (Å²) in [6, 6.07) is -0.898. The zero-order chi connectivity index (χ0) is 30.6. The Morgan fingerprint density at radius 2 is 1.45 bits per heavy atom. The minimum atomic E-state index is -0.500. The molecule has 2 fully saturated rings. The number of likely N-dealkylation sites (N-methyl/N-ethyl adjacent to an activating group) is 1. The molecule has 0 spiro atoms. The molecular weight excluding hydrogens is 508 g/mol. The van der Waals surface area contributed by atoms with Crippen molar-refractivity contribution in [1.29, 1.82) is 0 Å². The number of rotatable bonds is 12. The molecule has 0 radical (unpaired) electrons. The van der Waals surface area contributed by atoms with Crippen LogP contribution in [0.25, 0.3) is 0 Å². The number of methoxy groups -OCH3 is 1. The fraction of sp³-hybridized carbons (Fsp3) is 0.871. The topological polar surface area (TPSA) is 99.3 Å². The smallest absolute Gasteiger partial charge is 0.328 e. The van der Waals surface area contributed by atoms with E-state index in [9.17, 15) is 19.2 Å². The molecule has 1 unspecified atom stereocenters. The van der Waals surface area contributed by atoms with Crippen molar-refractivity contribution < 1.29 is 23.9 Å². The summed E-state index contributed by atoms with van der Waals surface area (Å²) >= 11 is 0. The minimum absolute atomic E-state index is 0.0146. The first-order chi connectivity index (χ1) is 18.8. The van der Waals surface area contributed by atoms with Crippen LogP contribution in [0.5, 0.6) is 0 Å². The molecule has 2 aliphatic rings. The lowest BCUT2D eigenvalue weighted by molar-refractivity contribution is -0.152. The summed E-state index contributed by atoms with van der Waals surface area (Å²) in [6.45, 7) is 18.6. The van der Waals surface area contributed by atoms with E-state index < -0.39 is 11.5 Å². The SMILES string of the molecule is CC(C)C.CCC(CC)(CC)C(=O)NCC(=O)N(C)[C@H](CN1CCC[C@H]1C(=O)N1CCCC1C(=O)OC)C(C)C. The van der Waals surface area contributed by atoms with Crippen LogP contribution in [0.15, 0.2) is 0 Å². The van der Waals surface area contributed by atoms with Crippen molar-refractivity contribution in [1.82, 2.24) is 20.0 Å². The summed E-state index contributed by atoms with van der Waals surface area (Å²) in [4.78, 5) is 57.2. The third-order valence-corrected chi connectivity index (χ3v) is 8.65. The van der Waals surface area contributed by atoms with Gasteiger partial charge in [0.2, 0.25) is 17.7 Å². The quantitative estimate of drug-likeness (QED) is 0.357. The van der Waals surface area contributed by atoms with Crippen LogP contribution in [0.4, 0.5) is 0 Å². The Hall–Kier alpha value is -2.16. The Morgan fingerprint density at radius 1 is 0.925 bits per heavy atom. The number of nitrogens with one attached hydrogen (secondary N) is 1. The van der Waals surface area contributed by atoms with E-state index in [0.717, 1.165) is 51.0 Å². The predicted molar refractivity (Wildman–Crippen MR) is 160 cm³/mol. The Labute approximate surface area is 243 Å². The Kier molecular flexibility index (Phi) is 15.2. The van der Waals surface area contributed by atoms with Gasteiger partial charge < -0.3 is 19.9 Å². The summed E-state index contributed by atoms with van der Waals surface area (Å²) < 4.78 is 4.92. The predicted octanol–water partition coefficient (Wildman–Crippen LogP) is 4.09. The molecule has 0 aromatic rings. The van der Waals surface area contributed by atoms with Crippen LogP contribution < -0.4 is 5.32 Å². The second-order valence-corrected chi connectivity index (χ2v) is 12.4. The van der Waals surface area contributed by atoms with Gasteiger partial charge in [0, 0.05) is 31.6 Å². The monoisotopic (exact) mass is 566 g/mol.